The van der Waals surface area contributed by atoms with Crippen LogP contribution in [0.2, 0.25) is 0 Å². The number of benzene rings is 1. The molecule has 102 valence electrons. The van der Waals surface area contributed by atoms with Crippen LogP contribution in [0, 0.1) is 0 Å². The molecule has 0 unspecified atom stereocenters. The lowest BCUT2D eigenvalue weighted by Gasteiger charge is -2.10. The lowest BCUT2D eigenvalue weighted by molar-refractivity contribution is -0.0511. The van der Waals surface area contributed by atoms with Gasteiger partial charge in [-0.25, -0.2) is 4.98 Å². The molecule has 2 rings (SSSR count). The summed E-state index contributed by atoms with van der Waals surface area (Å²) < 4.78 is 34.1. The summed E-state index contributed by atoms with van der Waals surface area (Å²) in [6.07, 6.45) is 1.67. The van der Waals surface area contributed by atoms with E-state index in [0.29, 0.717) is 0 Å². The van der Waals surface area contributed by atoms with E-state index in [1.807, 2.05) is 0 Å². The normalized spacial score (nSPS) is 10.6. The second kappa shape index (κ2) is 5.83. The van der Waals surface area contributed by atoms with Crippen LogP contribution in [0.5, 0.6) is 11.5 Å². The molecule has 0 spiro atoms. The fraction of sp³-hybridized carbons (Fsp3) is 0.250. The number of nitrogens with one attached hydrogen (secondary N) is 1. The number of halogens is 2. The first-order valence-corrected chi connectivity index (χ1v) is 6.22. The smallest absolute Gasteiger partial charge is 0.387 e. The SMILES string of the molecule is CNc1ncc(-c2ccc(OC)c(OC(F)F)c2)s1. The van der Waals surface area contributed by atoms with E-state index in [9.17, 15) is 8.78 Å². The fourth-order valence-corrected chi connectivity index (χ4v) is 2.31. The van der Waals surface area contributed by atoms with Gasteiger partial charge in [0.25, 0.3) is 0 Å². The highest BCUT2D eigenvalue weighted by molar-refractivity contribution is 7.18. The Morgan fingerprint density at radius 3 is 2.68 bits per heavy atom. The number of alkyl halides is 2. The number of hydrogen-bond donors (Lipinski definition) is 1. The van der Waals surface area contributed by atoms with Crippen LogP contribution in [0.25, 0.3) is 10.4 Å². The fourth-order valence-electron chi connectivity index (χ4n) is 1.54. The van der Waals surface area contributed by atoms with Gasteiger partial charge in [0.15, 0.2) is 16.6 Å². The molecule has 7 heteroatoms. The lowest BCUT2D eigenvalue weighted by Crippen LogP contribution is -2.03. The maximum Gasteiger partial charge on any atom is 0.387 e. The van der Waals surface area contributed by atoms with Crippen LogP contribution in [0.3, 0.4) is 0 Å². The predicted octanol–water partition coefficient (Wildman–Crippen LogP) is 3.46. The van der Waals surface area contributed by atoms with Gasteiger partial charge in [-0.2, -0.15) is 8.78 Å². The topological polar surface area (TPSA) is 43.4 Å². The van der Waals surface area contributed by atoms with Gasteiger partial charge in [0.05, 0.1) is 12.0 Å². The maximum absolute atomic E-state index is 12.3. The van der Waals surface area contributed by atoms with Gasteiger partial charge < -0.3 is 14.8 Å². The Labute approximate surface area is 113 Å². The van der Waals surface area contributed by atoms with E-state index in [2.05, 4.69) is 15.0 Å². The van der Waals surface area contributed by atoms with E-state index in [-0.39, 0.29) is 11.5 Å². The number of nitrogens with zero attached hydrogens (tertiary/aromatic N) is 1. The van der Waals surface area contributed by atoms with Gasteiger partial charge in [-0.15, -0.1) is 0 Å². The van der Waals surface area contributed by atoms with Crippen molar-refractivity contribution in [1.82, 2.24) is 4.98 Å². The molecule has 0 aliphatic carbocycles. The Balaban J connectivity index is 2.36. The third-order valence-corrected chi connectivity index (χ3v) is 3.45. The highest BCUT2D eigenvalue weighted by atomic mass is 32.1. The van der Waals surface area contributed by atoms with Gasteiger partial charge in [-0.3, -0.25) is 0 Å². The van der Waals surface area contributed by atoms with Crippen molar-refractivity contribution in [3.63, 3.8) is 0 Å². The van der Waals surface area contributed by atoms with Crippen LogP contribution in [0.4, 0.5) is 13.9 Å². The van der Waals surface area contributed by atoms with E-state index in [1.54, 1.807) is 25.4 Å². The first kappa shape index (κ1) is 13.5. The molecule has 0 saturated heterocycles. The Hall–Kier alpha value is -1.89. The molecule has 1 N–H and O–H groups in total. The molecule has 0 aliphatic heterocycles. The molecule has 0 radical (unpaired) electrons. The summed E-state index contributed by atoms with van der Waals surface area (Å²) in [6, 6.07) is 4.87. The summed E-state index contributed by atoms with van der Waals surface area (Å²) in [4.78, 5) is 4.98. The summed E-state index contributed by atoms with van der Waals surface area (Å²) in [5, 5.41) is 3.67. The third kappa shape index (κ3) is 3.11. The first-order chi connectivity index (χ1) is 9.13. The number of thiazole rings is 1. The van der Waals surface area contributed by atoms with E-state index >= 15 is 0 Å². The third-order valence-electron chi connectivity index (χ3n) is 2.38. The zero-order chi connectivity index (χ0) is 13.8. The van der Waals surface area contributed by atoms with E-state index in [1.165, 1.54) is 24.5 Å². The quantitative estimate of drug-likeness (QED) is 0.914. The van der Waals surface area contributed by atoms with Gasteiger partial charge in [0.1, 0.15) is 0 Å². The van der Waals surface area contributed by atoms with Crippen molar-refractivity contribution >= 4 is 16.5 Å². The van der Waals surface area contributed by atoms with E-state index in [0.717, 1.165) is 15.6 Å². The average molecular weight is 286 g/mol. The molecule has 19 heavy (non-hydrogen) atoms. The van der Waals surface area contributed by atoms with Crippen LogP contribution in [0.1, 0.15) is 0 Å². The summed E-state index contributed by atoms with van der Waals surface area (Å²) in [6.45, 7) is -2.89. The van der Waals surface area contributed by atoms with Gasteiger partial charge in [0, 0.05) is 13.2 Å². The maximum atomic E-state index is 12.3. The molecule has 0 atom stereocenters. The Morgan fingerprint density at radius 2 is 2.11 bits per heavy atom. The highest BCUT2D eigenvalue weighted by Crippen LogP contribution is 2.36. The van der Waals surface area contributed by atoms with Gasteiger partial charge >= 0.3 is 6.61 Å². The Bertz CT molecular complexity index is 560. The minimum absolute atomic E-state index is 0.00871. The molecule has 1 heterocycles. The number of aromatic nitrogens is 1. The molecule has 0 amide bonds. The molecule has 1 aromatic heterocycles. The summed E-state index contributed by atoms with van der Waals surface area (Å²) in [7, 11) is 3.17. The monoisotopic (exact) mass is 286 g/mol. The molecule has 4 nitrogen and oxygen atoms in total. The second-order valence-corrected chi connectivity index (χ2v) is 4.55. The second-order valence-electron chi connectivity index (χ2n) is 3.52. The molecular formula is C12H12F2N2O2S. The van der Waals surface area contributed by atoms with E-state index < -0.39 is 6.61 Å². The molecule has 0 fully saturated rings. The highest BCUT2D eigenvalue weighted by Gasteiger charge is 2.13. The van der Waals surface area contributed by atoms with Gasteiger partial charge in [-0.05, 0) is 23.8 Å². The van der Waals surface area contributed by atoms with Crippen molar-refractivity contribution in [2.24, 2.45) is 0 Å². The van der Waals surface area contributed by atoms with Gasteiger partial charge in [-0.1, -0.05) is 11.3 Å². The van der Waals surface area contributed by atoms with Crippen molar-refractivity contribution in [3.05, 3.63) is 24.4 Å². The minimum atomic E-state index is -2.89. The molecular weight excluding hydrogens is 274 g/mol. The first-order valence-electron chi connectivity index (χ1n) is 5.41. The molecule has 0 bridgehead atoms. The number of anilines is 1. The van der Waals surface area contributed by atoms with Crippen LogP contribution in [-0.2, 0) is 0 Å². The van der Waals surface area contributed by atoms with Crippen molar-refractivity contribution in [3.8, 4) is 21.9 Å². The van der Waals surface area contributed by atoms with E-state index in [4.69, 9.17) is 4.74 Å². The van der Waals surface area contributed by atoms with Crippen molar-refractivity contribution in [2.75, 3.05) is 19.5 Å². The summed E-state index contributed by atoms with van der Waals surface area (Å²) in [5.41, 5.74) is 0.746. The zero-order valence-corrected chi connectivity index (χ0v) is 11.1. The number of ether oxygens (including phenoxy) is 2. The summed E-state index contributed by atoms with van der Waals surface area (Å²) in [5.74, 6) is 0.275. The Kier molecular flexibility index (Phi) is 4.16. The molecule has 1 aromatic carbocycles. The summed E-state index contributed by atoms with van der Waals surface area (Å²) >= 11 is 1.42. The zero-order valence-electron chi connectivity index (χ0n) is 10.3. The number of hydrogen-bond acceptors (Lipinski definition) is 5. The predicted molar refractivity (Wildman–Crippen MR) is 70.3 cm³/mol. The van der Waals surface area contributed by atoms with Crippen molar-refractivity contribution < 1.29 is 18.3 Å². The molecule has 2 aromatic rings. The van der Waals surface area contributed by atoms with Gasteiger partial charge in [0.2, 0.25) is 0 Å². The van der Waals surface area contributed by atoms with Crippen LogP contribution < -0.4 is 14.8 Å². The minimum Gasteiger partial charge on any atom is -0.493 e. The van der Waals surface area contributed by atoms with Crippen LogP contribution in [-0.4, -0.2) is 25.8 Å². The van der Waals surface area contributed by atoms with Crippen molar-refractivity contribution in [1.29, 1.82) is 0 Å². The number of methoxy groups -OCH3 is 1. The number of rotatable bonds is 5. The molecule has 0 aliphatic rings. The average Bonchev–Trinajstić information content (AvgIpc) is 2.86. The standard InChI is InChI=1S/C12H12F2N2O2S/c1-15-12-16-6-10(19-12)7-3-4-8(17-2)9(5-7)18-11(13)14/h3-6,11H,1-2H3,(H,15,16). The van der Waals surface area contributed by atoms with Crippen LogP contribution >= 0.6 is 11.3 Å². The van der Waals surface area contributed by atoms with Crippen LogP contribution in [0.15, 0.2) is 24.4 Å². The van der Waals surface area contributed by atoms with Crippen molar-refractivity contribution in [2.45, 2.75) is 6.61 Å². The molecule has 0 saturated carbocycles. The Morgan fingerprint density at radius 1 is 1.32 bits per heavy atom. The lowest BCUT2D eigenvalue weighted by atomic mass is 10.2. The largest absolute Gasteiger partial charge is 0.493 e.